The molecule has 0 aromatic rings. The Hall–Kier alpha value is 0.200. The molecule has 5 heteroatoms. The summed E-state index contributed by atoms with van der Waals surface area (Å²) < 4.78 is 22.9. The number of hydrogen-bond acceptors (Lipinski definition) is 3. The molecule has 2 aliphatic heterocycles. The number of hydrogen-bond donors (Lipinski definition) is 1. The molecule has 2 atom stereocenters. The fraction of sp³-hybridized carbons (Fsp3) is 1.00. The van der Waals surface area contributed by atoms with Crippen LogP contribution in [-0.4, -0.2) is 33.0 Å². The van der Waals surface area contributed by atoms with E-state index in [-0.39, 0.29) is 23.2 Å². The molecule has 0 spiro atoms. The SMILES string of the molecule is C[C@@]12CNC[C@]1(C)CS(=O)(=O)C2.Cl. The normalized spacial score (nSPS) is 46.9. The second-order valence-corrected chi connectivity index (χ2v) is 6.82. The summed E-state index contributed by atoms with van der Waals surface area (Å²) in [6.45, 7) is 5.86. The Labute approximate surface area is 85.6 Å². The molecule has 0 bridgehead atoms. The Bertz CT molecular complexity index is 292. The van der Waals surface area contributed by atoms with Gasteiger partial charge in [-0.3, -0.25) is 0 Å². The fourth-order valence-electron chi connectivity index (χ4n) is 2.51. The molecule has 2 rings (SSSR count). The largest absolute Gasteiger partial charge is 0.316 e. The summed E-state index contributed by atoms with van der Waals surface area (Å²) in [6, 6.07) is 0. The Morgan fingerprint density at radius 1 is 1.08 bits per heavy atom. The minimum absolute atomic E-state index is 0. The molecule has 0 aromatic carbocycles. The van der Waals surface area contributed by atoms with Gasteiger partial charge in [-0.1, -0.05) is 13.8 Å². The van der Waals surface area contributed by atoms with Crippen LogP contribution in [0.4, 0.5) is 0 Å². The van der Waals surface area contributed by atoms with E-state index < -0.39 is 9.84 Å². The summed E-state index contributed by atoms with van der Waals surface area (Å²) in [5.41, 5.74) is -0.0440. The average Bonchev–Trinajstić information content (AvgIpc) is 2.11. The van der Waals surface area contributed by atoms with Gasteiger partial charge < -0.3 is 5.32 Å². The van der Waals surface area contributed by atoms with Crippen molar-refractivity contribution in [3.8, 4) is 0 Å². The highest BCUT2D eigenvalue weighted by Crippen LogP contribution is 2.49. The first-order valence-corrected chi connectivity index (χ1v) is 6.10. The van der Waals surface area contributed by atoms with Crippen LogP contribution in [0.5, 0.6) is 0 Å². The summed E-state index contributed by atoms with van der Waals surface area (Å²) in [6.07, 6.45) is 0. The van der Waals surface area contributed by atoms with Gasteiger partial charge in [-0.05, 0) is 0 Å². The number of fused-ring (bicyclic) bond motifs is 1. The van der Waals surface area contributed by atoms with Gasteiger partial charge in [0.2, 0.25) is 0 Å². The van der Waals surface area contributed by atoms with E-state index in [2.05, 4.69) is 19.2 Å². The maximum Gasteiger partial charge on any atom is 0.151 e. The molecule has 0 unspecified atom stereocenters. The first-order valence-electron chi connectivity index (χ1n) is 4.28. The van der Waals surface area contributed by atoms with Crippen LogP contribution >= 0.6 is 12.4 Å². The maximum atomic E-state index is 11.4. The van der Waals surface area contributed by atoms with E-state index in [0.717, 1.165) is 13.1 Å². The van der Waals surface area contributed by atoms with E-state index in [1.165, 1.54) is 0 Å². The van der Waals surface area contributed by atoms with Crippen molar-refractivity contribution in [2.75, 3.05) is 24.6 Å². The number of rotatable bonds is 0. The first kappa shape index (κ1) is 11.3. The highest BCUT2D eigenvalue weighted by atomic mass is 35.5. The van der Waals surface area contributed by atoms with Crippen LogP contribution in [0.3, 0.4) is 0 Å². The van der Waals surface area contributed by atoms with Gasteiger partial charge in [-0.15, -0.1) is 12.4 Å². The van der Waals surface area contributed by atoms with Gasteiger partial charge in [-0.2, -0.15) is 0 Å². The van der Waals surface area contributed by atoms with Gasteiger partial charge in [-0.25, -0.2) is 8.42 Å². The van der Waals surface area contributed by atoms with Crippen molar-refractivity contribution < 1.29 is 8.42 Å². The van der Waals surface area contributed by atoms with E-state index in [1.54, 1.807) is 0 Å². The standard InChI is InChI=1S/C8H15NO2S.ClH/c1-7-3-9-4-8(7,2)6-12(10,11)5-7;/h9H,3-6H2,1-2H3;1H/t7-,8+;. The number of sulfone groups is 1. The van der Waals surface area contributed by atoms with Crippen molar-refractivity contribution >= 4 is 22.2 Å². The lowest BCUT2D eigenvalue weighted by molar-refractivity contribution is 0.212. The molecule has 0 aromatic heterocycles. The zero-order valence-electron chi connectivity index (χ0n) is 7.96. The molecule has 0 aliphatic carbocycles. The highest BCUT2D eigenvalue weighted by Gasteiger charge is 2.57. The van der Waals surface area contributed by atoms with Crippen LogP contribution in [0.25, 0.3) is 0 Å². The molecule has 0 saturated carbocycles. The van der Waals surface area contributed by atoms with Gasteiger partial charge >= 0.3 is 0 Å². The third-order valence-electron chi connectivity index (χ3n) is 3.56. The molecule has 1 N–H and O–H groups in total. The maximum absolute atomic E-state index is 11.4. The minimum atomic E-state index is -2.76. The van der Waals surface area contributed by atoms with E-state index in [9.17, 15) is 8.42 Å². The number of halogens is 1. The summed E-state index contributed by atoms with van der Waals surface area (Å²) >= 11 is 0. The Morgan fingerprint density at radius 3 is 1.85 bits per heavy atom. The van der Waals surface area contributed by atoms with Crippen LogP contribution in [0.2, 0.25) is 0 Å². The third kappa shape index (κ3) is 1.49. The van der Waals surface area contributed by atoms with E-state index in [4.69, 9.17) is 0 Å². The van der Waals surface area contributed by atoms with Crippen molar-refractivity contribution in [3.05, 3.63) is 0 Å². The molecular weight excluding hydrogens is 210 g/mol. The summed E-state index contributed by atoms with van der Waals surface area (Å²) in [5.74, 6) is 0.729. The van der Waals surface area contributed by atoms with E-state index >= 15 is 0 Å². The summed E-state index contributed by atoms with van der Waals surface area (Å²) in [4.78, 5) is 0. The molecule has 13 heavy (non-hydrogen) atoms. The van der Waals surface area contributed by atoms with E-state index in [1.807, 2.05) is 0 Å². The molecule has 2 saturated heterocycles. The molecule has 2 fully saturated rings. The number of nitrogens with one attached hydrogen (secondary N) is 1. The second-order valence-electron chi connectivity index (χ2n) is 4.76. The van der Waals surface area contributed by atoms with Crippen LogP contribution in [-0.2, 0) is 9.84 Å². The predicted molar refractivity (Wildman–Crippen MR) is 55.0 cm³/mol. The van der Waals surface area contributed by atoms with Crippen molar-refractivity contribution in [3.63, 3.8) is 0 Å². The van der Waals surface area contributed by atoms with Gasteiger partial charge in [0, 0.05) is 23.9 Å². The Kier molecular flexibility index (Phi) is 2.47. The fourth-order valence-corrected chi connectivity index (χ4v) is 5.46. The Balaban J connectivity index is 0.000000845. The quantitative estimate of drug-likeness (QED) is 0.652. The molecular formula is C8H16ClNO2S. The summed E-state index contributed by atoms with van der Waals surface area (Å²) in [7, 11) is -2.76. The highest BCUT2D eigenvalue weighted by molar-refractivity contribution is 7.91. The minimum Gasteiger partial charge on any atom is -0.316 e. The monoisotopic (exact) mass is 225 g/mol. The lowest BCUT2D eigenvalue weighted by atomic mass is 9.71. The van der Waals surface area contributed by atoms with Gasteiger partial charge in [0.1, 0.15) is 0 Å². The topological polar surface area (TPSA) is 46.2 Å². The molecule has 3 nitrogen and oxygen atoms in total. The molecule has 0 amide bonds. The predicted octanol–water partition coefficient (Wildman–Crippen LogP) is 0.452. The van der Waals surface area contributed by atoms with Crippen molar-refractivity contribution in [1.29, 1.82) is 0 Å². The van der Waals surface area contributed by atoms with Crippen LogP contribution < -0.4 is 5.32 Å². The zero-order valence-corrected chi connectivity index (χ0v) is 9.59. The summed E-state index contributed by atoms with van der Waals surface area (Å²) in [5, 5.41) is 3.28. The molecule has 0 radical (unpaired) electrons. The first-order chi connectivity index (χ1) is 5.37. The van der Waals surface area contributed by atoms with Crippen molar-refractivity contribution in [2.45, 2.75) is 13.8 Å². The lowest BCUT2D eigenvalue weighted by Crippen LogP contribution is -2.34. The van der Waals surface area contributed by atoms with Crippen LogP contribution in [0.1, 0.15) is 13.8 Å². The van der Waals surface area contributed by atoms with Crippen LogP contribution in [0.15, 0.2) is 0 Å². The molecule has 78 valence electrons. The Morgan fingerprint density at radius 2 is 1.46 bits per heavy atom. The molecule has 2 heterocycles. The van der Waals surface area contributed by atoms with Gasteiger partial charge in [0.25, 0.3) is 0 Å². The van der Waals surface area contributed by atoms with Crippen molar-refractivity contribution in [2.24, 2.45) is 10.8 Å². The average molecular weight is 226 g/mol. The van der Waals surface area contributed by atoms with Crippen molar-refractivity contribution in [1.82, 2.24) is 5.32 Å². The van der Waals surface area contributed by atoms with Gasteiger partial charge in [0.05, 0.1) is 11.5 Å². The van der Waals surface area contributed by atoms with Crippen LogP contribution in [0, 0.1) is 10.8 Å². The smallest absolute Gasteiger partial charge is 0.151 e. The second kappa shape index (κ2) is 2.84. The zero-order chi connectivity index (χ0) is 9.04. The van der Waals surface area contributed by atoms with E-state index in [0.29, 0.717) is 11.5 Å². The third-order valence-corrected chi connectivity index (χ3v) is 5.72. The molecule has 2 aliphatic rings. The lowest BCUT2D eigenvalue weighted by Gasteiger charge is -2.30. The van der Waals surface area contributed by atoms with Gasteiger partial charge in [0.15, 0.2) is 9.84 Å².